The third-order valence-electron chi connectivity index (χ3n) is 2.15. The number of methoxy groups -OCH3 is 1. The van der Waals surface area contributed by atoms with E-state index in [-0.39, 0.29) is 0 Å². The molecule has 0 bridgehead atoms. The molecule has 1 aromatic rings. The fourth-order valence-electron chi connectivity index (χ4n) is 1.36. The molecule has 5 heteroatoms. The van der Waals surface area contributed by atoms with Crippen LogP contribution in [0.2, 0.25) is 0 Å². The Morgan fingerprint density at radius 1 is 1.25 bits per heavy atom. The van der Waals surface area contributed by atoms with Crippen LogP contribution < -0.4 is 10.1 Å². The molecule has 0 saturated heterocycles. The van der Waals surface area contributed by atoms with E-state index in [4.69, 9.17) is 9.47 Å². The highest BCUT2D eigenvalue weighted by Crippen LogP contribution is 2.20. The average molecular weight is 225 g/mol. The Morgan fingerprint density at radius 3 is 2.62 bits per heavy atom. The van der Waals surface area contributed by atoms with Crippen molar-refractivity contribution < 1.29 is 9.47 Å². The summed E-state index contributed by atoms with van der Waals surface area (Å²) in [6.07, 6.45) is 0. The van der Waals surface area contributed by atoms with Crippen LogP contribution in [0, 0.1) is 13.8 Å². The molecular formula is C11H19N3O2. The van der Waals surface area contributed by atoms with Gasteiger partial charge in [0, 0.05) is 13.2 Å². The Hall–Kier alpha value is -1.36. The smallest absolute Gasteiger partial charge is 0.221 e. The summed E-state index contributed by atoms with van der Waals surface area (Å²) in [5, 5.41) is 3.21. The fraction of sp³-hybridized carbons (Fsp3) is 0.636. The number of nitrogens with one attached hydrogen (secondary N) is 1. The van der Waals surface area contributed by atoms with Crippen molar-refractivity contribution in [3.05, 3.63) is 11.4 Å². The minimum Gasteiger partial charge on any atom is -0.481 e. The lowest BCUT2D eigenvalue weighted by molar-refractivity contribution is 0.158. The normalized spacial score (nSPS) is 10.2. The monoisotopic (exact) mass is 225 g/mol. The van der Waals surface area contributed by atoms with E-state index in [1.165, 1.54) is 0 Å². The molecule has 0 saturated carbocycles. The number of hydrogen-bond acceptors (Lipinski definition) is 5. The van der Waals surface area contributed by atoms with Crippen LogP contribution in [0.4, 0.5) is 5.82 Å². The zero-order valence-corrected chi connectivity index (χ0v) is 10.3. The van der Waals surface area contributed by atoms with Crippen LogP contribution in [0.15, 0.2) is 0 Å². The molecule has 90 valence electrons. The van der Waals surface area contributed by atoms with Gasteiger partial charge in [-0.05, 0) is 20.8 Å². The minimum atomic E-state index is 0.617. The molecule has 0 amide bonds. The summed E-state index contributed by atoms with van der Waals surface area (Å²) in [6.45, 7) is 7.88. The van der Waals surface area contributed by atoms with Gasteiger partial charge in [-0.15, -0.1) is 0 Å². The van der Waals surface area contributed by atoms with Crippen molar-refractivity contribution >= 4 is 5.82 Å². The molecule has 1 N–H and O–H groups in total. The second-order valence-corrected chi connectivity index (χ2v) is 3.38. The van der Waals surface area contributed by atoms with Crippen molar-refractivity contribution in [1.29, 1.82) is 0 Å². The standard InChI is InChI=1S/C11H19N3O2/c1-5-16-7-6-12-10-8(2)11(15-4)14-9(3)13-10/h5-7H2,1-4H3,(H,12,13,14). The van der Waals surface area contributed by atoms with Crippen molar-refractivity contribution in [2.45, 2.75) is 20.8 Å². The molecule has 0 radical (unpaired) electrons. The molecule has 0 unspecified atom stereocenters. The molecule has 0 aliphatic heterocycles. The molecule has 0 atom stereocenters. The lowest BCUT2D eigenvalue weighted by atomic mass is 10.3. The Morgan fingerprint density at radius 2 is 2.00 bits per heavy atom. The van der Waals surface area contributed by atoms with Gasteiger partial charge in [0.15, 0.2) is 0 Å². The highest BCUT2D eigenvalue weighted by atomic mass is 16.5. The molecule has 5 nitrogen and oxygen atoms in total. The lowest BCUT2D eigenvalue weighted by Gasteiger charge is -2.11. The van der Waals surface area contributed by atoms with Crippen LogP contribution in [-0.4, -0.2) is 36.8 Å². The molecule has 1 aromatic heterocycles. The van der Waals surface area contributed by atoms with Gasteiger partial charge in [0.1, 0.15) is 11.6 Å². The van der Waals surface area contributed by atoms with Crippen LogP contribution in [0.5, 0.6) is 5.88 Å². The van der Waals surface area contributed by atoms with Crippen LogP contribution in [0.1, 0.15) is 18.3 Å². The Kier molecular flexibility index (Phi) is 4.98. The largest absolute Gasteiger partial charge is 0.481 e. The highest BCUT2D eigenvalue weighted by molar-refractivity contribution is 5.48. The summed E-state index contributed by atoms with van der Waals surface area (Å²) in [5.41, 5.74) is 0.921. The van der Waals surface area contributed by atoms with Crippen LogP contribution >= 0.6 is 0 Å². The second kappa shape index (κ2) is 6.27. The first-order chi connectivity index (χ1) is 7.69. The maximum Gasteiger partial charge on any atom is 0.221 e. The summed E-state index contributed by atoms with van der Waals surface area (Å²) in [4.78, 5) is 8.51. The van der Waals surface area contributed by atoms with Gasteiger partial charge >= 0.3 is 0 Å². The first-order valence-electron chi connectivity index (χ1n) is 5.39. The van der Waals surface area contributed by atoms with E-state index in [9.17, 15) is 0 Å². The Bertz CT molecular complexity index is 342. The SMILES string of the molecule is CCOCCNc1nc(C)nc(OC)c1C. The van der Waals surface area contributed by atoms with Gasteiger partial charge in [0.2, 0.25) is 5.88 Å². The molecular weight excluding hydrogens is 206 g/mol. The van der Waals surface area contributed by atoms with Crippen LogP contribution in [0.3, 0.4) is 0 Å². The van der Waals surface area contributed by atoms with Crippen LogP contribution in [-0.2, 0) is 4.74 Å². The lowest BCUT2D eigenvalue weighted by Crippen LogP contribution is -2.12. The zero-order valence-electron chi connectivity index (χ0n) is 10.3. The number of anilines is 1. The van der Waals surface area contributed by atoms with Gasteiger partial charge in [-0.1, -0.05) is 0 Å². The summed E-state index contributed by atoms with van der Waals surface area (Å²) >= 11 is 0. The minimum absolute atomic E-state index is 0.617. The van der Waals surface area contributed by atoms with Crippen molar-refractivity contribution in [3.63, 3.8) is 0 Å². The first kappa shape index (κ1) is 12.7. The number of rotatable bonds is 6. The third kappa shape index (κ3) is 3.34. The number of aryl methyl sites for hydroxylation is 1. The van der Waals surface area contributed by atoms with Crippen molar-refractivity contribution in [3.8, 4) is 5.88 Å². The second-order valence-electron chi connectivity index (χ2n) is 3.38. The van der Waals surface area contributed by atoms with E-state index in [1.54, 1.807) is 7.11 Å². The maximum absolute atomic E-state index is 5.24. The van der Waals surface area contributed by atoms with Crippen molar-refractivity contribution in [2.75, 3.05) is 32.2 Å². The van der Waals surface area contributed by atoms with Crippen molar-refractivity contribution in [1.82, 2.24) is 9.97 Å². The molecule has 1 rings (SSSR count). The average Bonchev–Trinajstić information content (AvgIpc) is 2.28. The van der Waals surface area contributed by atoms with Gasteiger partial charge in [0.25, 0.3) is 0 Å². The van der Waals surface area contributed by atoms with Crippen molar-refractivity contribution in [2.24, 2.45) is 0 Å². The highest BCUT2D eigenvalue weighted by Gasteiger charge is 2.08. The predicted octanol–water partition coefficient (Wildman–Crippen LogP) is 1.55. The third-order valence-corrected chi connectivity index (χ3v) is 2.15. The van der Waals surface area contributed by atoms with Gasteiger partial charge in [-0.2, -0.15) is 4.98 Å². The quantitative estimate of drug-likeness (QED) is 0.744. The number of aromatic nitrogens is 2. The maximum atomic E-state index is 5.24. The van der Waals surface area contributed by atoms with Crippen LogP contribution in [0.25, 0.3) is 0 Å². The molecule has 0 aromatic carbocycles. The van der Waals surface area contributed by atoms with E-state index in [2.05, 4.69) is 15.3 Å². The van der Waals surface area contributed by atoms with Gasteiger partial charge in [0.05, 0.1) is 19.3 Å². The molecule has 1 heterocycles. The van der Waals surface area contributed by atoms with E-state index in [0.29, 0.717) is 18.3 Å². The summed E-state index contributed by atoms with van der Waals surface area (Å²) < 4.78 is 10.4. The van der Waals surface area contributed by atoms with Gasteiger partial charge < -0.3 is 14.8 Å². The predicted molar refractivity (Wildman–Crippen MR) is 63.0 cm³/mol. The number of hydrogen-bond donors (Lipinski definition) is 1. The van der Waals surface area contributed by atoms with E-state index < -0.39 is 0 Å². The van der Waals surface area contributed by atoms with E-state index >= 15 is 0 Å². The summed E-state index contributed by atoms with van der Waals surface area (Å²) in [7, 11) is 1.61. The first-order valence-corrected chi connectivity index (χ1v) is 5.39. The molecule has 0 aliphatic rings. The van der Waals surface area contributed by atoms with Gasteiger partial charge in [-0.3, -0.25) is 0 Å². The van der Waals surface area contributed by atoms with Gasteiger partial charge in [-0.25, -0.2) is 4.98 Å². The molecule has 0 spiro atoms. The fourth-order valence-corrected chi connectivity index (χ4v) is 1.36. The Labute approximate surface area is 96.2 Å². The Balaban J connectivity index is 2.67. The zero-order chi connectivity index (χ0) is 12.0. The summed E-state index contributed by atoms with van der Waals surface area (Å²) in [5.74, 6) is 2.12. The molecule has 0 aliphatic carbocycles. The van der Waals surface area contributed by atoms with E-state index in [0.717, 1.165) is 24.5 Å². The number of nitrogens with zero attached hydrogens (tertiary/aromatic N) is 2. The summed E-state index contributed by atoms with van der Waals surface area (Å²) in [6, 6.07) is 0. The van der Waals surface area contributed by atoms with E-state index in [1.807, 2.05) is 20.8 Å². The topological polar surface area (TPSA) is 56.3 Å². The number of ether oxygens (including phenoxy) is 2. The molecule has 16 heavy (non-hydrogen) atoms. The molecule has 0 fully saturated rings.